The Morgan fingerprint density at radius 1 is 1.17 bits per heavy atom. The number of carbonyl (C=O) groups is 3. The lowest BCUT2D eigenvalue weighted by Gasteiger charge is -2.18. The number of esters is 1. The van der Waals surface area contributed by atoms with Crippen molar-refractivity contribution in [3.8, 4) is 0 Å². The van der Waals surface area contributed by atoms with Crippen molar-refractivity contribution in [2.24, 2.45) is 0 Å². The number of nitrogens with zero attached hydrogens (tertiary/aromatic N) is 1. The fourth-order valence-electron chi connectivity index (χ4n) is 2.81. The molecule has 0 spiro atoms. The summed E-state index contributed by atoms with van der Waals surface area (Å²) in [6.07, 6.45) is -0.341. The van der Waals surface area contributed by atoms with Gasteiger partial charge >= 0.3 is 12.0 Å². The van der Waals surface area contributed by atoms with E-state index in [0.717, 1.165) is 11.3 Å². The molecule has 0 bridgehead atoms. The second kappa shape index (κ2) is 10.4. The van der Waals surface area contributed by atoms with Gasteiger partial charge in [0.25, 0.3) is 5.91 Å². The number of carbonyl (C=O) groups excluding carboxylic acids is 3. The monoisotopic (exact) mass is 451 g/mol. The summed E-state index contributed by atoms with van der Waals surface area (Å²) in [5, 5.41) is 6.08. The molecule has 30 heavy (non-hydrogen) atoms. The first-order chi connectivity index (χ1) is 14.2. The van der Waals surface area contributed by atoms with Crippen LogP contribution >= 0.6 is 22.9 Å². The summed E-state index contributed by atoms with van der Waals surface area (Å²) in [5.74, 6) is -0.778. The molecule has 1 aromatic carbocycles. The minimum Gasteiger partial charge on any atom is -0.459 e. The average molecular weight is 452 g/mol. The minimum absolute atomic E-state index is 0.186. The van der Waals surface area contributed by atoms with Crippen molar-refractivity contribution < 1.29 is 19.1 Å². The molecule has 1 heterocycles. The normalized spacial score (nSPS) is 10.6. The van der Waals surface area contributed by atoms with Crippen molar-refractivity contribution in [3.05, 3.63) is 45.3 Å². The van der Waals surface area contributed by atoms with Gasteiger partial charge in [0.1, 0.15) is 5.00 Å². The van der Waals surface area contributed by atoms with E-state index in [-0.39, 0.29) is 22.6 Å². The van der Waals surface area contributed by atoms with Crippen molar-refractivity contribution in [2.45, 2.75) is 40.7 Å². The SMILES string of the molecule is CCN(CC)C(=O)c1sc(NC(=O)Nc2cccc(Cl)c2)c(C(=O)OC(C)C)c1C. The fourth-order valence-corrected chi connectivity index (χ4v) is 4.16. The number of nitrogens with one attached hydrogen (secondary N) is 2. The van der Waals surface area contributed by atoms with Crippen LogP contribution in [0.4, 0.5) is 15.5 Å². The van der Waals surface area contributed by atoms with Crippen LogP contribution in [0.3, 0.4) is 0 Å². The predicted octanol–water partition coefficient (Wildman–Crippen LogP) is 5.40. The van der Waals surface area contributed by atoms with Gasteiger partial charge in [-0.1, -0.05) is 17.7 Å². The van der Waals surface area contributed by atoms with Crippen LogP contribution in [-0.2, 0) is 4.74 Å². The molecule has 0 unspecified atom stereocenters. The molecule has 0 aliphatic heterocycles. The first-order valence-corrected chi connectivity index (χ1v) is 10.8. The van der Waals surface area contributed by atoms with Gasteiger partial charge in [-0.3, -0.25) is 10.1 Å². The van der Waals surface area contributed by atoms with E-state index >= 15 is 0 Å². The number of ether oxygens (including phenoxy) is 1. The zero-order valence-electron chi connectivity index (χ0n) is 17.7. The van der Waals surface area contributed by atoms with Crippen LogP contribution in [-0.4, -0.2) is 42.0 Å². The van der Waals surface area contributed by atoms with Gasteiger partial charge in [-0.05, 0) is 58.4 Å². The molecular formula is C21H26ClN3O4S. The molecule has 0 fully saturated rings. The van der Waals surface area contributed by atoms with Crippen LogP contribution in [0.1, 0.15) is 53.3 Å². The molecule has 2 rings (SSSR count). The molecule has 7 nitrogen and oxygen atoms in total. The minimum atomic E-state index is -0.588. The Balaban J connectivity index is 2.38. The summed E-state index contributed by atoms with van der Waals surface area (Å²) in [4.78, 5) is 40.2. The second-order valence-corrected chi connectivity index (χ2v) is 8.24. The summed E-state index contributed by atoms with van der Waals surface area (Å²) >= 11 is 7.01. The summed E-state index contributed by atoms with van der Waals surface area (Å²) in [6, 6.07) is 6.13. The first kappa shape index (κ1) is 23.7. The Hall–Kier alpha value is -2.58. The molecule has 0 radical (unpaired) electrons. The molecular weight excluding hydrogens is 426 g/mol. The fraction of sp³-hybridized carbons (Fsp3) is 0.381. The van der Waals surface area contributed by atoms with Crippen LogP contribution in [0, 0.1) is 6.92 Å². The number of hydrogen-bond donors (Lipinski definition) is 2. The zero-order valence-corrected chi connectivity index (χ0v) is 19.2. The van der Waals surface area contributed by atoms with Gasteiger partial charge in [-0.15, -0.1) is 11.3 Å². The highest BCUT2D eigenvalue weighted by Gasteiger charge is 2.28. The number of urea groups is 1. The quantitative estimate of drug-likeness (QED) is 0.551. The lowest BCUT2D eigenvalue weighted by molar-refractivity contribution is 0.0379. The van der Waals surface area contributed by atoms with E-state index in [2.05, 4.69) is 10.6 Å². The number of rotatable bonds is 7. The Bertz CT molecular complexity index is 938. The smallest absolute Gasteiger partial charge is 0.341 e. The molecule has 0 aliphatic rings. The van der Waals surface area contributed by atoms with Gasteiger partial charge in [0, 0.05) is 23.8 Å². The Labute approximate surface area is 185 Å². The maximum atomic E-state index is 12.9. The molecule has 0 aliphatic carbocycles. The van der Waals surface area contributed by atoms with Gasteiger partial charge in [-0.25, -0.2) is 9.59 Å². The standard InChI is InChI=1S/C21H26ClN3O4S/c1-6-25(7-2)19(26)17-13(5)16(20(27)29-12(3)4)18(30-17)24-21(28)23-15-10-8-9-14(22)11-15/h8-12H,6-7H2,1-5H3,(H2,23,24,28). The van der Waals surface area contributed by atoms with Crippen molar-refractivity contribution >= 4 is 51.5 Å². The van der Waals surface area contributed by atoms with Gasteiger partial charge in [0.2, 0.25) is 0 Å². The summed E-state index contributed by atoms with van der Waals surface area (Å²) < 4.78 is 5.33. The largest absolute Gasteiger partial charge is 0.459 e. The maximum absolute atomic E-state index is 12.9. The number of halogens is 1. The van der Waals surface area contributed by atoms with E-state index in [9.17, 15) is 14.4 Å². The third-order valence-electron chi connectivity index (χ3n) is 4.25. The van der Waals surface area contributed by atoms with E-state index in [1.807, 2.05) is 13.8 Å². The van der Waals surface area contributed by atoms with E-state index in [0.29, 0.717) is 34.2 Å². The number of hydrogen-bond acceptors (Lipinski definition) is 5. The first-order valence-electron chi connectivity index (χ1n) is 9.65. The summed E-state index contributed by atoms with van der Waals surface area (Å²) in [5.41, 5.74) is 1.17. The van der Waals surface area contributed by atoms with Crippen molar-refractivity contribution in [3.63, 3.8) is 0 Å². The molecule has 1 aromatic heterocycles. The molecule has 0 saturated carbocycles. The average Bonchev–Trinajstić information content (AvgIpc) is 2.97. The number of thiophene rings is 1. The van der Waals surface area contributed by atoms with Gasteiger partial charge in [0.05, 0.1) is 16.5 Å². The second-order valence-electron chi connectivity index (χ2n) is 6.78. The molecule has 0 saturated heterocycles. The van der Waals surface area contributed by atoms with Crippen LogP contribution in [0.25, 0.3) is 0 Å². The highest BCUT2D eigenvalue weighted by molar-refractivity contribution is 7.18. The van der Waals surface area contributed by atoms with Crippen LogP contribution < -0.4 is 10.6 Å². The van der Waals surface area contributed by atoms with E-state index < -0.39 is 12.0 Å². The topological polar surface area (TPSA) is 87.7 Å². The van der Waals surface area contributed by atoms with Crippen molar-refractivity contribution in [1.29, 1.82) is 0 Å². The number of benzene rings is 1. The van der Waals surface area contributed by atoms with Crippen LogP contribution in [0.5, 0.6) is 0 Å². The maximum Gasteiger partial charge on any atom is 0.341 e. The highest BCUT2D eigenvalue weighted by Crippen LogP contribution is 2.35. The lowest BCUT2D eigenvalue weighted by atomic mass is 10.1. The zero-order chi connectivity index (χ0) is 22.4. The van der Waals surface area contributed by atoms with E-state index in [4.69, 9.17) is 16.3 Å². The third-order valence-corrected chi connectivity index (χ3v) is 5.68. The van der Waals surface area contributed by atoms with Crippen LogP contribution in [0.15, 0.2) is 24.3 Å². The van der Waals surface area contributed by atoms with E-state index in [1.54, 1.807) is 49.9 Å². The molecule has 9 heteroatoms. The predicted molar refractivity (Wildman–Crippen MR) is 121 cm³/mol. The highest BCUT2D eigenvalue weighted by atomic mass is 35.5. The Kier molecular flexibility index (Phi) is 8.25. The third kappa shape index (κ3) is 5.73. The Morgan fingerprint density at radius 2 is 1.83 bits per heavy atom. The van der Waals surface area contributed by atoms with Gasteiger partial charge in [0.15, 0.2) is 0 Å². The number of anilines is 2. The van der Waals surface area contributed by atoms with E-state index in [1.165, 1.54) is 0 Å². The van der Waals surface area contributed by atoms with Crippen LogP contribution in [0.2, 0.25) is 5.02 Å². The molecule has 0 atom stereocenters. The summed E-state index contributed by atoms with van der Waals surface area (Å²) in [7, 11) is 0. The molecule has 162 valence electrons. The Morgan fingerprint density at radius 3 is 2.40 bits per heavy atom. The molecule has 2 aromatic rings. The lowest BCUT2D eigenvalue weighted by Crippen LogP contribution is -2.30. The number of amides is 3. The molecule has 2 N–H and O–H groups in total. The summed E-state index contributed by atoms with van der Waals surface area (Å²) in [6.45, 7) is 10.0. The molecule has 3 amide bonds. The van der Waals surface area contributed by atoms with Gasteiger partial charge < -0.3 is 15.0 Å². The van der Waals surface area contributed by atoms with Gasteiger partial charge in [-0.2, -0.15) is 0 Å². The van der Waals surface area contributed by atoms with Crippen molar-refractivity contribution in [2.75, 3.05) is 23.7 Å². The van der Waals surface area contributed by atoms with Crippen molar-refractivity contribution in [1.82, 2.24) is 4.90 Å².